The molecule has 1 rings (SSSR count). The lowest BCUT2D eigenvalue weighted by Crippen LogP contribution is -2.25. The number of carbonyl (C=O) groups is 2. The fourth-order valence-electron chi connectivity index (χ4n) is 1.18. The number of aromatic carboxylic acids is 1. The van der Waals surface area contributed by atoms with Crippen molar-refractivity contribution in [1.29, 1.82) is 0 Å². The van der Waals surface area contributed by atoms with E-state index in [1.165, 1.54) is 12.1 Å². The number of ether oxygens (including phenoxy) is 1. The van der Waals surface area contributed by atoms with Crippen molar-refractivity contribution in [3.8, 4) is 0 Å². The van der Waals surface area contributed by atoms with Crippen LogP contribution in [0.3, 0.4) is 0 Å². The van der Waals surface area contributed by atoms with Crippen LogP contribution < -0.4 is 5.73 Å². The van der Waals surface area contributed by atoms with E-state index in [4.69, 9.17) is 15.6 Å². The van der Waals surface area contributed by atoms with Gasteiger partial charge in [0.1, 0.15) is 16.3 Å². The van der Waals surface area contributed by atoms with Gasteiger partial charge in [-0.25, -0.2) is 9.78 Å². The number of thioether (sulfide) groups is 1. The Morgan fingerprint density at radius 1 is 1.42 bits per heavy atom. The van der Waals surface area contributed by atoms with E-state index in [1.807, 2.05) is 0 Å². The molecule has 1 aromatic heterocycles. The highest BCUT2D eigenvalue weighted by atomic mass is 32.2. The summed E-state index contributed by atoms with van der Waals surface area (Å²) in [6, 6.07) is 2.77. The average Bonchev–Trinajstić information content (AvgIpc) is 2.25. The zero-order valence-electron chi connectivity index (χ0n) is 11.0. The number of esters is 1. The molecule has 7 heteroatoms. The van der Waals surface area contributed by atoms with E-state index in [-0.39, 0.29) is 11.4 Å². The molecule has 1 aromatic rings. The number of nitrogens with zero attached hydrogens (tertiary/aromatic N) is 1. The molecular formula is C12H16N2O4S. The van der Waals surface area contributed by atoms with Crippen molar-refractivity contribution in [2.24, 2.45) is 0 Å². The Kier molecular flexibility index (Phi) is 4.77. The zero-order valence-corrected chi connectivity index (χ0v) is 11.8. The van der Waals surface area contributed by atoms with Crippen LogP contribution in [0.5, 0.6) is 0 Å². The SMILES string of the molecule is CC(C)(C)OC(=O)CSc1nc(C(=O)O)ccc1N. The Morgan fingerprint density at radius 3 is 2.58 bits per heavy atom. The van der Waals surface area contributed by atoms with Crippen molar-refractivity contribution < 1.29 is 19.4 Å². The van der Waals surface area contributed by atoms with E-state index in [2.05, 4.69) is 4.98 Å². The van der Waals surface area contributed by atoms with E-state index >= 15 is 0 Å². The van der Waals surface area contributed by atoms with Gasteiger partial charge in [0.15, 0.2) is 0 Å². The molecule has 0 saturated carbocycles. The number of hydrogen-bond acceptors (Lipinski definition) is 6. The molecule has 0 aliphatic rings. The predicted octanol–water partition coefficient (Wildman–Crippen LogP) is 1.80. The van der Waals surface area contributed by atoms with Gasteiger partial charge in [-0.1, -0.05) is 11.8 Å². The average molecular weight is 284 g/mol. The van der Waals surface area contributed by atoms with Crippen LogP contribution >= 0.6 is 11.8 Å². The van der Waals surface area contributed by atoms with E-state index in [0.29, 0.717) is 10.7 Å². The highest BCUT2D eigenvalue weighted by Crippen LogP contribution is 2.23. The molecule has 0 spiro atoms. The lowest BCUT2D eigenvalue weighted by molar-refractivity contribution is -0.151. The molecule has 0 aromatic carbocycles. The first-order valence-corrected chi connectivity index (χ1v) is 6.52. The molecular weight excluding hydrogens is 268 g/mol. The number of nitrogen functional groups attached to an aromatic ring is 1. The lowest BCUT2D eigenvalue weighted by atomic mass is 10.2. The highest BCUT2D eigenvalue weighted by molar-refractivity contribution is 8.00. The lowest BCUT2D eigenvalue weighted by Gasteiger charge is -2.19. The van der Waals surface area contributed by atoms with Crippen LogP contribution in [0.25, 0.3) is 0 Å². The van der Waals surface area contributed by atoms with E-state index in [0.717, 1.165) is 11.8 Å². The highest BCUT2D eigenvalue weighted by Gasteiger charge is 2.17. The standard InChI is InChI=1S/C12H16N2O4S/c1-12(2,3)18-9(15)6-19-10-7(13)4-5-8(14-10)11(16)17/h4-5H,6,13H2,1-3H3,(H,16,17). The molecule has 0 bridgehead atoms. The molecule has 0 fully saturated rings. The first-order chi connectivity index (χ1) is 8.69. The Hall–Kier alpha value is -1.76. The maximum Gasteiger partial charge on any atom is 0.354 e. The van der Waals surface area contributed by atoms with Crippen LogP contribution in [0, 0.1) is 0 Å². The zero-order chi connectivity index (χ0) is 14.6. The summed E-state index contributed by atoms with van der Waals surface area (Å²) in [5, 5.41) is 9.14. The van der Waals surface area contributed by atoms with Gasteiger partial charge in [-0.2, -0.15) is 0 Å². The first-order valence-electron chi connectivity index (χ1n) is 5.53. The van der Waals surface area contributed by atoms with Crippen molar-refractivity contribution in [1.82, 2.24) is 4.98 Å². The summed E-state index contributed by atoms with van der Waals surface area (Å²) in [4.78, 5) is 26.2. The molecule has 0 aliphatic carbocycles. The maximum atomic E-state index is 11.5. The Bertz CT molecular complexity index is 497. The summed E-state index contributed by atoms with van der Waals surface area (Å²) in [5.41, 5.74) is 5.34. The third-order valence-corrected chi connectivity index (χ3v) is 2.84. The molecule has 0 aliphatic heterocycles. The minimum atomic E-state index is -1.14. The van der Waals surface area contributed by atoms with E-state index in [9.17, 15) is 9.59 Å². The molecule has 3 N–H and O–H groups in total. The third kappa shape index (κ3) is 5.17. The van der Waals surface area contributed by atoms with Crippen molar-refractivity contribution in [2.45, 2.75) is 31.4 Å². The number of nitrogens with two attached hydrogens (primary N) is 1. The number of carboxylic acids is 1. The molecule has 6 nitrogen and oxygen atoms in total. The molecule has 104 valence electrons. The number of carbonyl (C=O) groups excluding carboxylic acids is 1. The van der Waals surface area contributed by atoms with Crippen LogP contribution in [0.1, 0.15) is 31.3 Å². The van der Waals surface area contributed by atoms with Gasteiger partial charge < -0.3 is 15.6 Å². The normalized spacial score (nSPS) is 11.1. The first kappa shape index (κ1) is 15.3. The summed E-state index contributed by atoms with van der Waals surface area (Å²) < 4.78 is 5.13. The number of hydrogen-bond donors (Lipinski definition) is 2. The fraction of sp³-hybridized carbons (Fsp3) is 0.417. The second kappa shape index (κ2) is 5.92. The number of aromatic nitrogens is 1. The van der Waals surface area contributed by atoms with Crippen molar-refractivity contribution in [2.75, 3.05) is 11.5 Å². The second-order valence-corrected chi connectivity index (χ2v) is 5.74. The van der Waals surface area contributed by atoms with Gasteiger partial charge in [-0.3, -0.25) is 4.79 Å². The van der Waals surface area contributed by atoms with Gasteiger partial charge in [-0.05, 0) is 32.9 Å². The van der Waals surface area contributed by atoms with Gasteiger partial charge in [-0.15, -0.1) is 0 Å². The summed E-state index contributed by atoms with van der Waals surface area (Å²) in [5.74, 6) is -1.52. The van der Waals surface area contributed by atoms with Gasteiger partial charge in [0.2, 0.25) is 0 Å². The van der Waals surface area contributed by atoms with Gasteiger partial charge in [0.25, 0.3) is 0 Å². The van der Waals surface area contributed by atoms with E-state index < -0.39 is 17.5 Å². The number of pyridine rings is 1. The Labute approximate surface area is 115 Å². The minimum Gasteiger partial charge on any atom is -0.477 e. The molecule has 19 heavy (non-hydrogen) atoms. The van der Waals surface area contributed by atoms with Crippen molar-refractivity contribution in [3.05, 3.63) is 17.8 Å². The van der Waals surface area contributed by atoms with Gasteiger partial charge >= 0.3 is 11.9 Å². The van der Waals surface area contributed by atoms with Crippen LogP contribution in [0.4, 0.5) is 5.69 Å². The molecule has 0 unspecified atom stereocenters. The third-order valence-electron chi connectivity index (χ3n) is 1.86. The topological polar surface area (TPSA) is 103 Å². The summed E-state index contributed by atoms with van der Waals surface area (Å²) in [6.45, 7) is 5.31. The largest absolute Gasteiger partial charge is 0.477 e. The monoisotopic (exact) mass is 284 g/mol. The second-order valence-electron chi connectivity index (χ2n) is 4.77. The van der Waals surface area contributed by atoms with Crippen molar-refractivity contribution >= 4 is 29.4 Å². The predicted molar refractivity (Wildman–Crippen MR) is 72.2 cm³/mol. The molecule has 0 atom stereocenters. The van der Waals surface area contributed by atoms with Crippen LogP contribution in [0.2, 0.25) is 0 Å². The number of carboxylic acid groups (broad SMARTS) is 1. The molecule has 1 heterocycles. The van der Waals surface area contributed by atoms with Crippen LogP contribution in [-0.4, -0.2) is 33.4 Å². The molecule has 0 amide bonds. The Balaban J connectivity index is 2.70. The summed E-state index contributed by atoms with van der Waals surface area (Å²) in [6.07, 6.45) is 0. The van der Waals surface area contributed by atoms with Gasteiger partial charge in [0.05, 0.1) is 11.4 Å². The smallest absolute Gasteiger partial charge is 0.354 e. The number of anilines is 1. The Morgan fingerprint density at radius 2 is 2.05 bits per heavy atom. The fourth-order valence-corrected chi connectivity index (χ4v) is 1.90. The van der Waals surface area contributed by atoms with Crippen LogP contribution in [-0.2, 0) is 9.53 Å². The van der Waals surface area contributed by atoms with Crippen LogP contribution in [0.15, 0.2) is 17.2 Å². The van der Waals surface area contributed by atoms with E-state index in [1.54, 1.807) is 20.8 Å². The molecule has 0 radical (unpaired) electrons. The summed E-state index contributed by atoms with van der Waals surface area (Å²) in [7, 11) is 0. The quantitative estimate of drug-likeness (QED) is 0.641. The molecule has 0 saturated heterocycles. The number of rotatable bonds is 4. The van der Waals surface area contributed by atoms with Crippen molar-refractivity contribution in [3.63, 3.8) is 0 Å². The minimum absolute atomic E-state index is 0.0253. The maximum absolute atomic E-state index is 11.5. The van der Waals surface area contributed by atoms with Gasteiger partial charge in [0, 0.05) is 0 Å². The summed E-state index contributed by atoms with van der Waals surface area (Å²) >= 11 is 1.05.